The van der Waals surface area contributed by atoms with Crippen molar-refractivity contribution in [3.05, 3.63) is 11.6 Å². The second-order valence-corrected chi connectivity index (χ2v) is 8.95. The van der Waals surface area contributed by atoms with Gasteiger partial charge in [-0.25, -0.2) is 0 Å². The zero-order valence-corrected chi connectivity index (χ0v) is 15.0. The quantitative estimate of drug-likeness (QED) is 0.699. The maximum Gasteiger partial charge on any atom is 0.0585 e. The van der Waals surface area contributed by atoms with Crippen LogP contribution in [0.25, 0.3) is 0 Å². The highest BCUT2D eigenvalue weighted by molar-refractivity contribution is 5.25. The molecule has 3 rings (SSSR count). The van der Waals surface area contributed by atoms with E-state index < -0.39 is 0 Å². The highest BCUT2D eigenvalue weighted by Crippen LogP contribution is 2.61. The Labute approximate surface area is 140 Å². The normalized spacial score (nSPS) is 50.0. The van der Waals surface area contributed by atoms with Crippen LogP contribution >= 0.6 is 0 Å². The zero-order valence-electron chi connectivity index (χ0n) is 15.0. The highest BCUT2D eigenvalue weighted by atomic mass is 16.3. The number of aliphatic hydroxyl groups is 3. The van der Waals surface area contributed by atoms with Crippen molar-refractivity contribution in [1.29, 1.82) is 0 Å². The van der Waals surface area contributed by atoms with Crippen LogP contribution in [0.5, 0.6) is 0 Å². The van der Waals surface area contributed by atoms with Crippen molar-refractivity contribution in [2.24, 2.45) is 28.6 Å². The minimum Gasteiger partial charge on any atom is -0.396 e. The lowest BCUT2D eigenvalue weighted by Gasteiger charge is -2.60. The second-order valence-electron chi connectivity index (χ2n) is 8.95. The molecule has 3 aliphatic rings. The van der Waals surface area contributed by atoms with Gasteiger partial charge in [0.05, 0.1) is 12.2 Å². The monoisotopic (exact) mass is 322 g/mol. The Kier molecular flexibility index (Phi) is 4.67. The first-order valence-electron chi connectivity index (χ1n) is 9.52. The molecule has 0 aromatic rings. The minimum absolute atomic E-state index is 0.0321. The molecule has 2 saturated carbocycles. The fourth-order valence-electron chi connectivity index (χ4n) is 6.26. The van der Waals surface area contributed by atoms with E-state index in [1.54, 1.807) is 0 Å². The maximum atomic E-state index is 11.0. The summed E-state index contributed by atoms with van der Waals surface area (Å²) in [5, 5.41) is 31.1. The third kappa shape index (κ3) is 2.69. The molecule has 0 amide bonds. The van der Waals surface area contributed by atoms with Gasteiger partial charge in [-0.1, -0.05) is 38.8 Å². The SMILES string of the molecule is CCCC1C2CC=C3C[C@@H](O)CC[C@]3(C)C2C(O)C[C@]1(C)CO. The molecule has 3 aliphatic carbocycles. The van der Waals surface area contributed by atoms with Crippen LogP contribution in [0.4, 0.5) is 0 Å². The molecular formula is C20H34O3. The molecule has 0 bridgehead atoms. The van der Waals surface area contributed by atoms with Crippen molar-refractivity contribution in [3.8, 4) is 0 Å². The molecule has 0 aromatic carbocycles. The Hall–Kier alpha value is -0.380. The van der Waals surface area contributed by atoms with Gasteiger partial charge in [-0.15, -0.1) is 0 Å². The van der Waals surface area contributed by atoms with Crippen molar-refractivity contribution in [3.63, 3.8) is 0 Å². The van der Waals surface area contributed by atoms with Crippen molar-refractivity contribution >= 4 is 0 Å². The number of rotatable bonds is 3. The zero-order chi connectivity index (χ0) is 16.8. The Balaban J connectivity index is 1.98. The summed E-state index contributed by atoms with van der Waals surface area (Å²) in [7, 11) is 0. The van der Waals surface area contributed by atoms with E-state index in [1.807, 2.05) is 0 Å². The lowest BCUT2D eigenvalue weighted by Crippen LogP contribution is -2.57. The molecule has 0 spiro atoms. The molecule has 0 saturated heterocycles. The van der Waals surface area contributed by atoms with Crippen LogP contribution < -0.4 is 0 Å². The summed E-state index contributed by atoms with van der Waals surface area (Å²) in [5.74, 6) is 1.22. The Morgan fingerprint density at radius 2 is 2.00 bits per heavy atom. The van der Waals surface area contributed by atoms with Crippen LogP contribution in [0.3, 0.4) is 0 Å². The molecule has 23 heavy (non-hydrogen) atoms. The Morgan fingerprint density at radius 1 is 1.26 bits per heavy atom. The molecule has 2 fully saturated rings. The van der Waals surface area contributed by atoms with Crippen LogP contribution in [0, 0.1) is 28.6 Å². The van der Waals surface area contributed by atoms with E-state index in [1.165, 1.54) is 5.57 Å². The fourth-order valence-corrected chi connectivity index (χ4v) is 6.26. The molecule has 0 radical (unpaired) electrons. The van der Waals surface area contributed by atoms with Crippen LogP contribution in [-0.4, -0.2) is 34.1 Å². The first kappa shape index (κ1) is 17.4. The van der Waals surface area contributed by atoms with E-state index >= 15 is 0 Å². The van der Waals surface area contributed by atoms with Gasteiger partial charge in [-0.05, 0) is 67.1 Å². The second kappa shape index (κ2) is 6.16. The number of aliphatic hydroxyl groups excluding tert-OH is 3. The third-order valence-electron chi connectivity index (χ3n) is 7.48. The van der Waals surface area contributed by atoms with Crippen LogP contribution in [0.2, 0.25) is 0 Å². The molecular weight excluding hydrogens is 288 g/mol. The van der Waals surface area contributed by atoms with Gasteiger partial charge in [0.25, 0.3) is 0 Å². The van der Waals surface area contributed by atoms with Gasteiger partial charge >= 0.3 is 0 Å². The van der Waals surface area contributed by atoms with Gasteiger partial charge < -0.3 is 15.3 Å². The predicted octanol–water partition coefficient (Wildman–Crippen LogP) is 3.28. The summed E-state index contributed by atoms with van der Waals surface area (Å²) in [5.41, 5.74) is 1.25. The Morgan fingerprint density at radius 3 is 2.65 bits per heavy atom. The van der Waals surface area contributed by atoms with Crippen LogP contribution in [-0.2, 0) is 0 Å². The third-order valence-corrected chi connectivity index (χ3v) is 7.48. The van der Waals surface area contributed by atoms with E-state index in [-0.39, 0.29) is 35.6 Å². The summed E-state index contributed by atoms with van der Waals surface area (Å²) in [4.78, 5) is 0. The lowest BCUT2D eigenvalue weighted by atomic mass is 9.46. The number of hydrogen-bond donors (Lipinski definition) is 3. The summed E-state index contributed by atoms with van der Waals surface area (Å²) in [6.45, 7) is 6.87. The van der Waals surface area contributed by atoms with Crippen molar-refractivity contribution in [2.45, 2.75) is 77.9 Å². The molecule has 0 aliphatic heterocycles. The number of fused-ring (bicyclic) bond motifs is 3. The summed E-state index contributed by atoms with van der Waals surface area (Å²) in [6, 6.07) is 0. The topological polar surface area (TPSA) is 60.7 Å². The molecule has 3 nitrogen and oxygen atoms in total. The van der Waals surface area contributed by atoms with Crippen LogP contribution in [0.1, 0.15) is 65.7 Å². The van der Waals surface area contributed by atoms with E-state index in [9.17, 15) is 15.3 Å². The Bertz CT molecular complexity index is 474. The van der Waals surface area contributed by atoms with Crippen LogP contribution in [0.15, 0.2) is 11.6 Å². The van der Waals surface area contributed by atoms with E-state index in [2.05, 4.69) is 26.8 Å². The van der Waals surface area contributed by atoms with Gasteiger partial charge in [0.15, 0.2) is 0 Å². The average molecular weight is 322 g/mol. The van der Waals surface area contributed by atoms with Gasteiger partial charge in [0.1, 0.15) is 0 Å². The number of allylic oxidation sites excluding steroid dienone is 1. The molecule has 7 atom stereocenters. The van der Waals surface area contributed by atoms with E-state index in [0.717, 1.165) is 38.5 Å². The highest BCUT2D eigenvalue weighted by Gasteiger charge is 2.57. The van der Waals surface area contributed by atoms with Gasteiger partial charge in [-0.3, -0.25) is 0 Å². The average Bonchev–Trinajstić information content (AvgIpc) is 2.51. The lowest BCUT2D eigenvalue weighted by molar-refractivity contribution is -0.139. The first-order chi connectivity index (χ1) is 10.9. The fraction of sp³-hybridized carbons (Fsp3) is 0.900. The molecule has 4 unspecified atom stereocenters. The van der Waals surface area contributed by atoms with Gasteiger partial charge in [0, 0.05) is 6.61 Å². The van der Waals surface area contributed by atoms with E-state index in [0.29, 0.717) is 18.3 Å². The van der Waals surface area contributed by atoms with Crippen molar-refractivity contribution in [2.75, 3.05) is 6.61 Å². The summed E-state index contributed by atoms with van der Waals surface area (Å²) in [6.07, 6.45) is 8.39. The molecule has 3 heteroatoms. The number of hydrogen-bond acceptors (Lipinski definition) is 3. The predicted molar refractivity (Wildman–Crippen MR) is 91.9 cm³/mol. The van der Waals surface area contributed by atoms with Gasteiger partial charge in [0.2, 0.25) is 0 Å². The largest absolute Gasteiger partial charge is 0.396 e. The molecule has 0 heterocycles. The standard InChI is InChI=1S/C20H34O3/c1-4-5-16-15-7-6-13-10-14(22)8-9-20(13,3)18(15)17(23)11-19(16,2)12-21/h6,14-18,21-23H,4-5,7-12H2,1-3H3/t14-,15?,16?,17?,18?,19+,20-/m0/s1. The van der Waals surface area contributed by atoms with Gasteiger partial charge in [-0.2, -0.15) is 0 Å². The molecule has 132 valence electrons. The molecule has 3 N–H and O–H groups in total. The summed E-state index contributed by atoms with van der Waals surface area (Å²) < 4.78 is 0. The molecule has 0 aromatic heterocycles. The summed E-state index contributed by atoms with van der Waals surface area (Å²) >= 11 is 0. The smallest absolute Gasteiger partial charge is 0.0585 e. The minimum atomic E-state index is -0.339. The van der Waals surface area contributed by atoms with Crippen molar-refractivity contribution in [1.82, 2.24) is 0 Å². The van der Waals surface area contributed by atoms with E-state index in [4.69, 9.17) is 0 Å². The van der Waals surface area contributed by atoms with Crippen molar-refractivity contribution < 1.29 is 15.3 Å². The first-order valence-corrected chi connectivity index (χ1v) is 9.52. The maximum absolute atomic E-state index is 11.0.